The lowest BCUT2D eigenvalue weighted by atomic mass is 10.2. The number of carbonyl (C=O) groups is 2. The molecule has 2 N–H and O–H groups in total. The summed E-state index contributed by atoms with van der Waals surface area (Å²) in [6.45, 7) is 0.810. The summed E-state index contributed by atoms with van der Waals surface area (Å²) in [7, 11) is 3.60. The number of amides is 2. The van der Waals surface area contributed by atoms with Crippen LogP contribution in [0.25, 0.3) is 0 Å². The zero-order chi connectivity index (χ0) is 16.0. The highest BCUT2D eigenvalue weighted by Crippen LogP contribution is 2.30. The first-order valence-electron chi connectivity index (χ1n) is 6.11. The number of alkyl halides is 3. The first-order chi connectivity index (χ1) is 9.70. The average Bonchev–Trinajstić information content (AvgIpc) is 2.37. The van der Waals surface area contributed by atoms with Crippen molar-refractivity contribution in [3.63, 3.8) is 0 Å². The van der Waals surface area contributed by atoms with Gasteiger partial charge in [0.05, 0.1) is 5.56 Å². The molecule has 21 heavy (non-hydrogen) atoms. The minimum atomic E-state index is -4.51. The summed E-state index contributed by atoms with van der Waals surface area (Å²) in [5, 5.41) is 4.49. The molecule has 0 saturated carbocycles. The summed E-state index contributed by atoms with van der Waals surface area (Å²) in [6.07, 6.45) is -4.51. The molecule has 0 atom stereocenters. The third-order valence-electron chi connectivity index (χ3n) is 2.50. The number of halogens is 3. The van der Waals surface area contributed by atoms with Crippen LogP contribution in [0.5, 0.6) is 0 Å². The molecule has 0 fully saturated rings. The standard InChI is InChI=1S/C13H16F3N3O2/c1-19(2)7-6-17-11(20)12(21)18-10-5-3-4-9(8-10)13(14,15)16/h3-5,8H,6-7H2,1-2H3,(H,17,20)(H,18,21). The minimum absolute atomic E-state index is 0.0856. The molecule has 8 heteroatoms. The Bertz CT molecular complexity index is 516. The first-order valence-corrected chi connectivity index (χ1v) is 6.11. The van der Waals surface area contributed by atoms with Crippen LogP contribution in [0.1, 0.15) is 5.56 Å². The van der Waals surface area contributed by atoms with Gasteiger partial charge in [0, 0.05) is 18.8 Å². The SMILES string of the molecule is CN(C)CCNC(=O)C(=O)Nc1cccc(C(F)(F)F)c1. The Kier molecular flexibility index (Phi) is 5.71. The Morgan fingerprint density at radius 2 is 1.86 bits per heavy atom. The van der Waals surface area contributed by atoms with Crippen molar-refractivity contribution in [3.8, 4) is 0 Å². The summed E-state index contributed by atoms with van der Waals surface area (Å²) in [6, 6.07) is 4.08. The molecule has 1 rings (SSSR count). The number of likely N-dealkylation sites (N-methyl/N-ethyl adjacent to an activating group) is 1. The first kappa shape index (κ1) is 17.0. The predicted octanol–water partition coefficient (Wildman–Crippen LogP) is 1.32. The van der Waals surface area contributed by atoms with Crippen LogP contribution in [-0.2, 0) is 15.8 Å². The lowest BCUT2D eigenvalue weighted by Gasteiger charge is -2.11. The fraction of sp³-hybridized carbons (Fsp3) is 0.385. The summed E-state index contributed by atoms with van der Waals surface area (Å²) in [4.78, 5) is 24.8. The van der Waals surface area contributed by atoms with Crippen LogP contribution < -0.4 is 10.6 Å². The molecule has 2 amide bonds. The third kappa shape index (κ3) is 5.82. The summed E-state index contributed by atoms with van der Waals surface area (Å²) < 4.78 is 37.5. The molecule has 0 aromatic heterocycles. The van der Waals surface area contributed by atoms with E-state index in [9.17, 15) is 22.8 Å². The Labute approximate surface area is 120 Å². The Morgan fingerprint density at radius 1 is 1.19 bits per heavy atom. The fourth-order valence-corrected chi connectivity index (χ4v) is 1.43. The summed E-state index contributed by atoms with van der Waals surface area (Å²) in [5.41, 5.74) is -0.981. The van der Waals surface area contributed by atoms with Gasteiger partial charge in [-0.05, 0) is 32.3 Å². The number of anilines is 1. The molecule has 0 aliphatic carbocycles. The highest BCUT2D eigenvalue weighted by molar-refractivity contribution is 6.39. The van der Waals surface area contributed by atoms with Gasteiger partial charge < -0.3 is 15.5 Å². The molecule has 116 valence electrons. The van der Waals surface area contributed by atoms with Crippen molar-refractivity contribution in [2.24, 2.45) is 0 Å². The second kappa shape index (κ2) is 7.07. The van der Waals surface area contributed by atoms with E-state index in [1.165, 1.54) is 6.07 Å². The predicted molar refractivity (Wildman–Crippen MR) is 71.6 cm³/mol. The molecule has 0 spiro atoms. The van der Waals surface area contributed by atoms with Gasteiger partial charge in [0.15, 0.2) is 0 Å². The van der Waals surface area contributed by atoms with Crippen molar-refractivity contribution < 1.29 is 22.8 Å². The molecular formula is C13H16F3N3O2. The molecule has 1 aromatic carbocycles. The van der Waals surface area contributed by atoms with E-state index in [4.69, 9.17) is 0 Å². The van der Waals surface area contributed by atoms with Crippen LogP contribution in [0, 0.1) is 0 Å². The van der Waals surface area contributed by atoms with E-state index in [1.807, 2.05) is 4.90 Å². The molecule has 0 heterocycles. The topological polar surface area (TPSA) is 61.4 Å². The number of nitrogens with zero attached hydrogens (tertiary/aromatic N) is 1. The van der Waals surface area contributed by atoms with E-state index < -0.39 is 23.6 Å². The number of rotatable bonds is 4. The molecule has 0 saturated heterocycles. The van der Waals surface area contributed by atoms with E-state index in [-0.39, 0.29) is 12.2 Å². The maximum atomic E-state index is 12.5. The average molecular weight is 303 g/mol. The monoisotopic (exact) mass is 303 g/mol. The maximum absolute atomic E-state index is 12.5. The normalized spacial score (nSPS) is 11.3. The van der Waals surface area contributed by atoms with Gasteiger partial charge in [-0.3, -0.25) is 9.59 Å². The second-order valence-corrected chi connectivity index (χ2v) is 4.59. The smallest absolute Gasteiger partial charge is 0.347 e. The van der Waals surface area contributed by atoms with Gasteiger partial charge in [0.2, 0.25) is 0 Å². The fourth-order valence-electron chi connectivity index (χ4n) is 1.43. The second-order valence-electron chi connectivity index (χ2n) is 4.59. The van der Waals surface area contributed by atoms with Crippen LogP contribution in [0.2, 0.25) is 0 Å². The molecule has 1 aromatic rings. The highest BCUT2D eigenvalue weighted by atomic mass is 19.4. The minimum Gasteiger partial charge on any atom is -0.347 e. The Balaban J connectivity index is 2.60. The van der Waals surface area contributed by atoms with Crippen LogP contribution >= 0.6 is 0 Å². The molecule has 5 nitrogen and oxygen atoms in total. The largest absolute Gasteiger partial charge is 0.416 e. The van der Waals surface area contributed by atoms with E-state index in [0.717, 1.165) is 18.2 Å². The number of nitrogens with one attached hydrogen (secondary N) is 2. The number of hydrogen-bond acceptors (Lipinski definition) is 3. The van der Waals surface area contributed by atoms with Crippen LogP contribution in [0.3, 0.4) is 0 Å². The Morgan fingerprint density at radius 3 is 2.43 bits per heavy atom. The van der Waals surface area contributed by atoms with Gasteiger partial charge in [-0.15, -0.1) is 0 Å². The van der Waals surface area contributed by atoms with E-state index >= 15 is 0 Å². The number of carbonyl (C=O) groups excluding carboxylic acids is 2. The van der Waals surface area contributed by atoms with Crippen molar-refractivity contribution >= 4 is 17.5 Å². The molecular weight excluding hydrogens is 287 g/mol. The molecule has 0 bridgehead atoms. The summed E-state index contributed by atoms with van der Waals surface area (Å²) in [5.74, 6) is -1.90. The van der Waals surface area contributed by atoms with Gasteiger partial charge in [-0.1, -0.05) is 6.07 Å². The molecule has 0 unspecified atom stereocenters. The molecule has 0 aliphatic heterocycles. The van der Waals surface area contributed by atoms with Gasteiger partial charge in [-0.2, -0.15) is 13.2 Å². The lowest BCUT2D eigenvalue weighted by molar-refractivity contribution is -0.137. The van der Waals surface area contributed by atoms with Gasteiger partial charge in [-0.25, -0.2) is 0 Å². The highest BCUT2D eigenvalue weighted by Gasteiger charge is 2.30. The van der Waals surface area contributed by atoms with Crippen molar-refractivity contribution in [2.45, 2.75) is 6.18 Å². The van der Waals surface area contributed by atoms with Crippen molar-refractivity contribution in [1.82, 2.24) is 10.2 Å². The van der Waals surface area contributed by atoms with Crippen molar-refractivity contribution in [3.05, 3.63) is 29.8 Å². The number of hydrogen-bond donors (Lipinski definition) is 2. The lowest BCUT2D eigenvalue weighted by Crippen LogP contribution is -2.38. The van der Waals surface area contributed by atoms with E-state index in [2.05, 4.69) is 10.6 Å². The zero-order valence-corrected chi connectivity index (χ0v) is 11.6. The number of benzene rings is 1. The molecule has 0 aliphatic rings. The van der Waals surface area contributed by atoms with Crippen molar-refractivity contribution in [2.75, 3.05) is 32.5 Å². The van der Waals surface area contributed by atoms with Crippen molar-refractivity contribution in [1.29, 1.82) is 0 Å². The Hall–Kier alpha value is -2.09. The third-order valence-corrected chi connectivity index (χ3v) is 2.50. The van der Waals surface area contributed by atoms with Crippen LogP contribution in [0.15, 0.2) is 24.3 Å². The quantitative estimate of drug-likeness (QED) is 0.825. The van der Waals surface area contributed by atoms with Crippen LogP contribution in [-0.4, -0.2) is 43.9 Å². The van der Waals surface area contributed by atoms with Gasteiger partial charge in [0.25, 0.3) is 0 Å². The van der Waals surface area contributed by atoms with E-state index in [1.54, 1.807) is 14.1 Å². The van der Waals surface area contributed by atoms with Crippen LogP contribution in [0.4, 0.5) is 18.9 Å². The molecule has 0 radical (unpaired) electrons. The zero-order valence-electron chi connectivity index (χ0n) is 11.6. The van der Waals surface area contributed by atoms with Gasteiger partial charge >= 0.3 is 18.0 Å². The summed E-state index contributed by atoms with van der Waals surface area (Å²) >= 11 is 0. The van der Waals surface area contributed by atoms with Gasteiger partial charge in [0.1, 0.15) is 0 Å². The van der Waals surface area contributed by atoms with E-state index in [0.29, 0.717) is 6.54 Å². The maximum Gasteiger partial charge on any atom is 0.416 e.